The van der Waals surface area contributed by atoms with E-state index in [1.54, 1.807) is 6.07 Å². The van der Waals surface area contributed by atoms with Crippen LogP contribution in [0.5, 0.6) is 0 Å². The van der Waals surface area contributed by atoms with Crippen LogP contribution in [0.3, 0.4) is 0 Å². The Kier molecular flexibility index (Phi) is 2.96. The summed E-state index contributed by atoms with van der Waals surface area (Å²) in [5, 5.41) is 12.5. The van der Waals surface area contributed by atoms with Crippen LogP contribution in [0.15, 0.2) is 18.2 Å². The molecule has 5 rings (SSSR count). The van der Waals surface area contributed by atoms with E-state index in [-0.39, 0.29) is 5.56 Å². The number of hydrogen-bond acceptors (Lipinski definition) is 2. The topological polar surface area (TPSA) is 35.8 Å². The van der Waals surface area contributed by atoms with E-state index >= 15 is 0 Å². The lowest BCUT2D eigenvalue weighted by molar-refractivity contribution is -0.0444. The van der Waals surface area contributed by atoms with E-state index in [0.29, 0.717) is 11.1 Å². The Hall–Kier alpha value is -1.56. The highest BCUT2D eigenvalue weighted by molar-refractivity contribution is 5.58. The first kappa shape index (κ1) is 13.1. The normalized spacial score (nSPS) is 36.5. The van der Waals surface area contributed by atoms with E-state index in [9.17, 15) is 4.39 Å². The van der Waals surface area contributed by atoms with Gasteiger partial charge in [0.15, 0.2) is 0 Å². The Morgan fingerprint density at radius 2 is 1.76 bits per heavy atom. The molecular weight excluding hydrogens is 263 g/mol. The van der Waals surface area contributed by atoms with Crippen molar-refractivity contribution >= 4 is 5.69 Å². The molecule has 21 heavy (non-hydrogen) atoms. The number of nitrogens with zero attached hydrogens (tertiary/aromatic N) is 1. The van der Waals surface area contributed by atoms with Crippen molar-refractivity contribution < 1.29 is 4.39 Å². The van der Waals surface area contributed by atoms with Crippen molar-refractivity contribution in [2.45, 2.75) is 38.5 Å². The lowest BCUT2D eigenvalue weighted by Gasteiger charge is -2.57. The number of rotatable bonds is 3. The molecular formula is C18H21FN2. The molecule has 4 saturated carbocycles. The first-order chi connectivity index (χ1) is 10.2. The molecule has 4 bridgehead atoms. The number of nitriles is 1. The van der Waals surface area contributed by atoms with Crippen LogP contribution in [0.1, 0.15) is 44.1 Å². The summed E-state index contributed by atoms with van der Waals surface area (Å²) in [6.07, 6.45) is 8.27. The van der Waals surface area contributed by atoms with Gasteiger partial charge in [0.05, 0.1) is 5.69 Å². The van der Waals surface area contributed by atoms with Crippen molar-refractivity contribution in [3.8, 4) is 6.07 Å². The first-order valence-corrected chi connectivity index (χ1v) is 8.10. The summed E-state index contributed by atoms with van der Waals surface area (Å²) in [6.45, 7) is 0.897. The van der Waals surface area contributed by atoms with Gasteiger partial charge in [-0.05, 0) is 73.8 Å². The molecule has 0 amide bonds. The maximum Gasteiger partial charge on any atom is 0.143 e. The maximum absolute atomic E-state index is 13.7. The lowest BCUT2D eigenvalue weighted by Crippen LogP contribution is -2.49. The largest absolute Gasteiger partial charge is 0.383 e. The fraction of sp³-hybridized carbons (Fsp3) is 0.611. The van der Waals surface area contributed by atoms with Gasteiger partial charge in [0.2, 0.25) is 0 Å². The zero-order chi connectivity index (χ0) is 14.4. The van der Waals surface area contributed by atoms with Crippen molar-refractivity contribution in [1.82, 2.24) is 0 Å². The molecule has 3 heteroatoms. The van der Waals surface area contributed by atoms with E-state index in [1.807, 2.05) is 12.1 Å². The van der Waals surface area contributed by atoms with Crippen molar-refractivity contribution in [2.24, 2.45) is 23.2 Å². The average Bonchev–Trinajstić information content (AvgIpc) is 2.44. The van der Waals surface area contributed by atoms with Crippen LogP contribution in [-0.2, 0) is 0 Å². The molecule has 0 heterocycles. The van der Waals surface area contributed by atoms with Gasteiger partial charge in [0.25, 0.3) is 0 Å². The van der Waals surface area contributed by atoms with Gasteiger partial charge in [-0.15, -0.1) is 0 Å². The van der Waals surface area contributed by atoms with Gasteiger partial charge in [-0.1, -0.05) is 6.07 Å². The third-order valence-corrected chi connectivity index (χ3v) is 5.94. The third-order valence-electron chi connectivity index (χ3n) is 5.94. The Morgan fingerprint density at radius 3 is 2.33 bits per heavy atom. The number of anilines is 1. The second kappa shape index (κ2) is 4.73. The van der Waals surface area contributed by atoms with E-state index in [4.69, 9.17) is 5.26 Å². The van der Waals surface area contributed by atoms with Crippen molar-refractivity contribution in [3.05, 3.63) is 29.6 Å². The highest BCUT2D eigenvalue weighted by Gasteiger charge is 2.50. The van der Waals surface area contributed by atoms with Crippen LogP contribution in [0.4, 0.5) is 10.1 Å². The minimum Gasteiger partial charge on any atom is -0.383 e. The molecule has 0 unspecified atom stereocenters. The molecule has 0 saturated heterocycles. The quantitative estimate of drug-likeness (QED) is 0.897. The van der Waals surface area contributed by atoms with Crippen LogP contribution in [-0.4, -0.2) is 6.54 Å². The highest BCUT2D eigenvalue weighted by atomic mass is 19.1. The standard InChI is InChI=1S/C18H21FN2/c19-16-2-1-3-17(15(16)10-20)21-11-18-7-12-4-13(8-18)6-14(5-12)9-18/h1-3,12-14,21H,4-9,11H2. The predicted molar refractivity (Wildman–Crippen MR) is 80.2 cm³/mol. The predicted octanol–water partition coefficient (Wildman–Crippen LogP) is 4.33. The Morgan fingerprint density at radius 1 is 1.14 bits per heavy atom. The van der Waals surface area contributed by atoms with E-state index in [2.05, 4.69) is 5.32 Å². The van der Waals surface area contributed by atoms with Crippen molar-refractivity contribution in [3.63, 3.8) is 0 Å². The Labute approximate surface area is 125 Å². The van der Waals surface area contributed by atoms with Gasteiger partial charge in [0, 0.05) is 6.54 Å². The fourth-order valence-corrected chi connectivity index (χ4v) is 5.57. The highest BCUT2D eigenvalue weighted by Crippen LogP contribution is 2.59. The number of halogens is 1. The number of nitrogens with one attached hydrogen (secondary N) is 1. The molecule has 1 aromatic rings. The summed E-state index contributed by atoms with van der Waals surface area (Å²) >= 11 is 0. The summed E-state index contributed by atoms with van der Waals surface area (Å²) in [4.78, 5) is 0. The summed E-state index contributed by atoms with van der Waals surface area (Å²) in [5.74, 6) is 2.33. The van der Waals surface area contributed by atoms with Gasteiger partial charge in [-0.2, -0.15) is 5.26 Å². The third kappa shape index (κ3) is 2.21. The van der Waals surface area contributed by atoms with Gasteiger partial charge < -0.3 is 5.32 Å². The second-order valence-corrected chi connectivity index (χ2v) is 7.55. The van der Waals surface area contributed by atoms with Crippen LogP contribution in [0, 0.1) is 40.3 Å². The first-order valence-electron chi connectivity index (χ1n) is 8.10. The molecule has 110 valence electrons. The zero-order valence-corrected chi connectivity index (χ0v) is 12.2. The molecule has 0 spiro atoms. The molecule has 4 aliphatic carbocycles. The Balaban J connectivity index is 1.53. The van der Waals surface area contributed by atoms with Crippen molar-refractivity contribution in [2.75, 3.05) is 11.9 Å². The molecule has 0 atom stereocenters. The summed E-state index contributed by atoms with van der Waals surface area (Å²) in [5.41, 5.74) is 1.21. The molecule has 1 aromatic carbocycles. The molecule has 0 aliphatic heterocycles. The summed E-state index contributed by atoms with van der Waals surface area (Å²) in [7, 11) is 0. The molecule has 0 radical (unpaired) electrons. The number of benzene rings is 1. The fourth-order valence-electron chi connectivity index (χ4n) is 5.57. The van der Waals surface area contributed by atoms with Gasteiger partial charge >= 0.3 is 0 Å². The van der Waals surface area contributed by atoms with E-state index < -0.39 is 5.82 Å². The van der Waals surface area contributed by atoms with Gasteiger partial charge in [-0.25, -0.2) is 4.39 Å². The molecule has 4 fully saturated rings. The SMILES string of the molecule is N#Cc1c(F)cccc1NCC12CC3CC(CC(C3)C1)C2. The van der Waals surface area contributed by atoms with Crippen LogP contribution < -0.4 is 5.32 Å². The monoisotopic (exact) mass is 284 g/mol. The van der Waals surface area contributed by atoms with E-state index in [0.717, 1.165) is 24.3 Å². The van der Waals surface area contributed by atoms with Crippen LogP contribution in [0.2, 0.25) is 0 Å². The smallest absolute Gasteiger partial charge is 0.143 e. The molecule has 1 N–H and O–H groups in total. The van der Waals surface area contributed by atoms with Crippen LogP contribution >= 0.6 is 0 Å². The lowest BCUT2D eigenvalue weighted by atomic mass is 9.49. The maximum atomic E-state index is 13.7. The molecule has 0 aromatic heterocycles. The molecule has 2 nitrogen and oxygen atoms in total. The number of hydrogen-bond donors (Lipinski definition) is 1. The minimum absolute atomic E-state index is 0.155. The van der Waals surface area contributed by atoms with Crippen LogP contribution in [0.25, 0.3) is 0 Å². The van der Waals surface area contributed by atoms with Gasteiger partial charge in [0.1, 0.15) is 17.4 Å². The average molecular weight is 284 g/mol. The minimum atomic E-state index is -0.423. The Bertz CT molecular complexity index is 566. The molecule has 4 aliphatic rings. The summed E-state index contributed by atoms with van der Waals surface area (Å²) in [6, 6.07) is 6.84. The summed E-state index contributed by atoms with van der Waals surface area (Å²) < 4.78 is 13.7. The second-order valence-electron chi connectivity index (χ2n) is 7.55. The zero-order valence-electron chi connectivity index (χ0n) is 12.2. The van der Waals surface area contributed by atoms with Crippen molar-refractivity contribution in [1.29, 1.82) is 5.26 Å². The van der Waals surface area contributed by atoms with E-state index in [1.165, 1.54) is 44.6 Å². The van der Waals surface area contributed by atoms with Gasteiger partial charge in [-0.3, -0.25) is 0 Å².